The summed E-state index contributed by atoms with van der Waals surface area (Å²) in [5, 5.41) is 0. The number of hydrogen-bond donors (Lipinski definition) is 0. The highest BCUT2D eigenvalue weighted by atomic mass is 32.2. The van der Waals surface area contributed by atoms with Crippen molar-refractivity contribution in [3.05, 3.63) is 24.3 Å². The maximum absolute atomic E-state index is 11.8. The standard InChI is InChI=1S/C15H20N2O2S2/c1-17-12-8-4-5-9-13(12)20-15(10-6-3-7-11-15)14(17)16-21(2,18)19/h4-5,8-9H,3,6-7,10-11H2,1-2H3. The van der Waals surface area contributed by atoms with E-state index in [0.717, 1.165) is 31.4 Å². The van der Waals surface area contributed by atoms with E-state index in [1.54, 1.807) is 11.8 Å². The van der Waals surface area contributed by atoms with Crippen LogP contribution in [0.3, 0.4) is 0 Å². The van der Waals surface area contributed by atoms with E-state index in [9.17, 15) is 8.42 Å². The molecule has 0 N–H and O–H groups in total. The Morgan fingerprint density at radius 2 is 1.86 bits per heavy atom. The highest BCUT2D eigenvalue weighted by Gasteiger charge is 2.45. The molecule has 1 spiro atoms. The maximum Gasteiger partial charge on any atom is 0.251 e. The van der Waals surface area contributed by atoms with Crippen LogP contribution < -0.4 is 4.90 Å². The Morgan fingerprint density at radius 3 is 2.52 bits per heavy atom. The summed E-state index contributed by atoms with van der Waals surface area (Å²) in [7, 11) is -1.47. The van der Waals surface area contributed by atoms with E-state index in [1.807, 2.05) is 30.1 Å². The molecule has 1 aliphatic carbocycles. The summed E-state index contributed by atoms with van der Waals surface area (Å²) in [6.45, 7) is 0. The molecule has 21 heavy (non-hydrogen) atoms. The molecule has 0 saturated heterocycles. The van der Waals surface area contributed by atoms with Crippen LogP contribution in [0, 0.1) is 0 Å². The van der Waals surface area contributed by atoms with Crippen molar-refractivity contribution in [1.82, 2.24) is 0 Å². The lowest BCUT2D eigenvalue weighted by atomic mass is 9.86. The smallest absolute Gasteiger partial charge is 0.251 e. The Hall–Kier alpha value is -1.01. The van der Waals surface area contributed by atoms with Gasteiger partial charge in [-0.05, 0) is 25.0 Å². The quantitative estimate of drug-likeness (QED) is 0.795. The van der Waals surface area contributed by atoms with Gasteiger partial charge >= 0.3 is 0 Å². The summed E-state index contributed by atoms with van der Waals surface area (Å²) < 4.78 is 27.4. The minimum absolute atomic E-state index is 0.190. The minimum Gasteiger partial charge on any atom is -0.330 e. The molecule has 6 heteroatoms. The van der Waals surface area contributed by atoms with E-state index in [2.05, 4.69) is 10.5 Å². The lowest BCUT2D eigenvalue weighted by Crippen LogP contribution is -2.49. The molecule has 1 fully saturated rings. The van der Waals surface area contributed by atoms with Gasteiger partial charge in [0.15, 0.2) is 0 Å². The topological polar surface area (TPSA) is 49.7 Å². The summed E-state index contributed by atoms with van der Waals surface area (Å²) in [5.41, 5.74) is 1.04. The molecule has 1 aliphatic heterocycles. The van der Waals surface area contributed by atoms with Gasteiger partial charge in [0.1, 0.15) is 5.84 Å². The molecular formula is C15H20N2O2S2. The van der Waals surface area contributed by atoms with Crippen LogP contribution in [0.15, 0.2) is 33.6 Å². The zero-order valence-electron chi connectivity index (χ0n) is 12.4. The Labute approximate surface area is 130 Å². The highest BCUT2D eigenvalue weighted by molar-refractivity contribution is 8.01. The van der Waals surface area contributed by atoms with Gasteiger partial charge in [0.05, 0.1) is 16.7 Å². The van der Waals surface area contributed by atoms with Crippen LogP contribution in [0.5, 0.6) is 0 Å². The third-order valence-corrected chi connectivity index (χ3v) is 6.22. The largest absolute Gasteiger partial charge is 0.330 e. The average Bonchev–Trinajstić information content (AvgIpc) is 2.44. The Morgan fingerprint density at radius 1 is 1.19 bits per heavy atom. The van der Waals surface area contributed by atoms with Gasteiger partial charge < -0.3 is 4.90 Å². The minimum atomic E-state index is -3.40. The number of thioether (sulfide) groups is 1. The molecular weight excluding hydrogens is 304 g/mol. The molecule has 0 amide bonds. The van der Waals surface area contributed by atoms with Crippen LogP contribution >= 0.6 is 11.8 Å². The number of anilines is 1. The second kappa shape index (κ2) is 5.32. The zero-order chi connectivity index (χ0) is 15.1. The third-order valence-electron chi connectivity index (χ3n) is 4.17. The number of benzene rings is 1. The molecule has 1 aromatic carbocycles. The molecule has 4 nitrogen and oxygen atoms in total. The van der Waals surface area contributed by atoms with E-state index in [1.165, 1.54) is 17.6 Å². The lowest BCUT2D eigenvalue weighted by Gasteiger charge is -2.45. The predicted molar refractivity (Wildman–Crippen MR) is 88.8 cm³/mol. The van der Waals surface area contributed by atoms with Crippen LogP contribution in [0.2, 0.25) is 0 Å². The fourth-order valence-corrected chi connectivity index (χ4v) is 5.56. The number of nitrogens with zero attached hydrogens (tertiary/aromatic N) is 2. The van der Waals surface area contributed by atoms with Crippen molar-refractivity contribution >= 4 is 33.3 Å². The highest BCUT2D eigenvalue weighted by Crippen LogP contribution is 2.51. The Bertz CT molecular complexity index is 677. The first-order valence-corrected chi connectivity index (χ1v) is 9.90. The molecule has 1 aromatic rings. The van der Waals surface area contributed by atoms with Gasteiger partial charge in [-0.25, -0.2) is 8.42 Å². The van der Waals surface area contributed by atoms with Gasteiger partial charge in [0.2, 0.25) is 0 Å². The van der Waals surface area contributed by atoms with Crippen LogP contribution in [0.25, 0.3) is 0 Å². The first-order chi connectivity index (χ1) is 9.91. The predicted octanol–water partition coefficient (Wildman–Crippen LogP) is 3.29. The molecule has 0 radical (unpaired) electrons. The Kier molecular flexibility index (Phi) is 3.78. The van der Waals surface area contributed by atoms with Gasteiger partial charge in [-0.3, -0.25) is 0 Å². The lowest BCUT2D eigenvalue weighted by molar-refractivity contribution is 0.465. The van der Waals surface area contributed by atoms with Gasteiger partial charge in [-0.1, -0.05) is 31.4 Å². The molecule has 2 aliphatic rings. The van der Waals surface area contributed by atoms with E-state index < -0.39 is 10.0 Å². The SMILES string of the molecule is CN1C(=NS(C)(=O)=O)C2(CCCCC2)Sc2ccccc21. The maximum atomic E-state index is 11.8. The van der Waals surface area contributed by atoms with Crippen molar-refractivity contribution < 1.29 is 8.42 Å². The molecule has 0 atom stereocenters. The zero-order valence-corrected chi connectivity index (χ0v) is 14.0. The van der Waals surface area contributed by atoms with E-state index in [-0.39, 0.29) is 4.75 Å². The normalized spacial score (nSPS) is 23.3. The Balaban J connectivity index is 2.16. The van der Waals surface area contributed by atoms with Crippen molar-refractivity contribution in [1.29, 1.82) is 0 Å². The van der Waals surface area contributed by atoms with Gasteiger partial charge in [0.25, 0.3) is 10.0 Å². The number of sulfonamides is 1. The number of para-hydroxylation sites is 1. The van der Waals surface area contributed by atoms with Crippen LogP contribution in [0.4, 0.5) is 5.69 Å². The third kappa shape index (κ3) is 2.83. The van der Waals surface area contributed by atoms with E-state index in [0.29, 0.717) is 5.84 Å². The van der Waals surface area contributed by atoms with Crippen LogP contribution in [-0.2, 0) is 10.0 Å². The molecule has 1 heterocycles. The van der Waals surface area contributed by atoms with E-state index in [4.69, 9.17) is 0 Å². The first-order valence-electron chi connectivity index (χ1n) is 7.23. The summed E-state index contributed by atoms with van der Waals surface area (Å²) in [6, 6.07) is 8.15. The molecule has 0 bridgehead atoms. The van der Waals surface area contributed by atoms with E-state index >= 15 is 0 Å². The van der Waals surface area contributed by atoms with Crippen molar-refractivity contribution in [2.45, 2.75) is 41.7 Å². The fraction of sp³-hybridized carbons (Fsp3) is 0.533. The fourth-order valence-electron chi connectivity index (χ4n) is 3.25. The first kappa shape index (κ1) is 14.9. The van der Waals surface area contributed by atoms with Crippen molar-refractivity contribution in [2.24, 2.45) is 4.40 Å². The molecule has 1 saturated carbocycles. The summed E-state index contributed by atoms with van der Waals surface area (Å²) in [6.07, 6.45) is 6.64. The van der Waals surface area contributed by atoms with Gasteiger partial charge in [-0.15, -0.1) is 16.2 Å². The number of amidine groups is 1. The molecule has 114 valence electrons. The van der Waals surface area contributed by atoms with Crippen LogP contribution in [-0.4, -0.2) is 32.3 Å². The number of fused-ring (bicyclic) bond motifs is 1. The number of rotatable bonds is 1. The monoisotopic (exact) mass is 324 g/mol. The molecule has 0 unspecified atom stereocenters. The summed E-state index contributed by atoms with van der Waals surface area (Å²) in [5.74, 6) is 0.702. The average molecular weight is 324 g/mol. The number of hydrogen-bond acceptors (Lipinski definition) is 3. The van der Waals surface area contributed by atoms with Crippen molar-refractivity contribution in [3.63, 3.8) is 0 Å². The molecule has 3 rings (SSSR count). The van der Waals surface area contributed by atoms with Gasteiger partial charge in [-0.2, -0.15) is 0 Å². The van der Waals surface area contributed by atoms with Gasteiger partial charge in [0, 0.05) is 11.9 Å². The summed E-state index contributed by atoms with van der Waals surface area (Å²) >= 11 is 1.80. The summed E-state index contributed by atoms with van der Waals surface area (Å²) in [4.78, 5) is 3.19. The van der Waals surface area contributed by atoms with Crippen molar-refractivity contribution in [3.8, 4) is 0 Å². The second-order valence-electron chi connectivity index (χ2n) is 5.83. The van der Waals surface area contributed by atoms with Crippen molar-refractivity contribution in [2.75, 3.05) is 18.2 Å². The molecule has 0 aromatic heterocycles. The van der Waals surface area contributed by atoms with Crippen LogP contribution in [0.1, 0.15) is 32.1 Å². The second-order valence-corrected chi connectivity index (χ2v) is 8.91.